The number of aliphatic hydroxyl groups is 2. The summed E-state index contributed by atoms with van der Waals surface area (Å²) >= 11 is 0.916. The maximum absolute atomic E-state index is 17.5. The normalized spacial score (nSPS) is 45.9. The van der Waals surface area contributed by atoms with E-state index in [2.05, 4.69) is 11.8 Å². The van der Waals surface area contributed by atoms with Crippen molar-refractivity contribution in [1.29, 1.82) is 0 Å². The van der Waals surface area contributed by atoms with Crippen molar-refractivity contribution in [2.45, 2.75) is 69.0 Å². The first kappa shape index (κ1) is 26.9. The van der Waals surface area contributed by atoms with Crippen LogP contribution in [0.1, 0.15) is 45.2 Å². The van der Waals surface area contributed by atoms with E-state index in [1.54, 1.807) is 26.0 Å². The third kappa shape index (κ3) is 3.43. The molecule has 5 aliphatic rings. The lowest BCUT2D eigenvalue weighted by Crippen LogP contribution is -2.70. The number of furan rings is 1. The summed E-state index contributed by atoms with van der Waals surface area (Å²) in [6, 6.07) is 3.35. The van der Waals surface area contributed by atoms with Gasteiger partial charge in [0.2, 0.25) is 11.4 Å². The number of halogens is 2. The van der Waals surface area contributed by atoms with Gasteiger partial charge in [-0.1, -0.05) is 36.6 Å². The zero-order valence-electron chi connectivity index (χ0n) is 21.6. The molecule has 3 saturated carbocycles. The Balaban J connectivity index is 1.43. The largest absolute Gasteiger partial charge is 0.464 e. The van der Waals surface area contributed by atoms with E-state index in [0.717, 1.165) is 17.8 Å². The predicted molar refractivity (Wildman–Crippen MR) is 136 cm³/mol. The molecule has 0 amide bonds. The van der Waals surface area contributed by atoms with Crippen LogP contribution in [0.2, 0.25) is 0 Å². The van der Waals surface area contributed by atoms with Gasteiger partial charge in [-0.15, -0.1) is 0 Å². The van der Waals surface area contributed by atoms with Gasteiger partial charge >= 0.3 is 0 Å². The monoisotopic (exact) mass is 560 g/mol. The third-order valence-corrected chi connectivity index (χ3v) is 10.8. The standard InChI is InChI=1S/C29H30F2O7S/c1-26-8-7-16(33)12-19(26)20(30)13-18-17-14-23-29(25(35)39-11-4-3-9-32,27(17,2)15-22(34)28(18,26)31)38-24(37-23)21-6-5-10-36-21/h5-8,10,12,17-18,20,22-24,32,34H,9,11,13-15H2,1-2H3/t17?,18?,20-,22?,23+,24?,26?,27?,28-,29?/m0/s1. The first-order valence-electron chi connectivity index (χ1n) is 13.1. The average Bonchev–Trinajstić information content (AvgIpc) is 3.61. The van der Waals surface area contributed by atoms with E-state index in [1.165, 1.54) is 18.4 Å². The molecule has 0 bridgehead atoms. The number of ether oxygens (including phenoxy) is 2. The number of thioether (sulfide) groups is 1. The third-order valence-electron chi connectivity index (χ3n) is 9.93. The Morgan fingerprint density at radius 1 is 1.26 bits per heavy atom. The van der Waals surface area contributed by atoms with Crippen molar-refractivity contribution in [3.8, 4) is 11.8 Å². The van der Waals surface area contributed by atoms with Crippen LogP contribution in [0.15, 0.2) is 46.6 Å². The number of rotatable bonds is 3. The number of allylic oxidation sites excluding steroid dienone is 4. The van der Waals surface area contributed by atoms with Crippen LogP contribution in [0.4, 0.5) is 8.78 Å². The van der Waals surface area contributed by atoms with Crippen LogP contribution in [0.5, 0.6) is 0 Å². The topological polar surface area (TPSA) is 106 Å². The quantitative estimate of drug-likeness (QED) is 0.541. The molecule has 10 heteroatoms. The summed E-state index contributed by atoms with van der Waals surface area (Å²) < 4.78 is 51.4. The lowest BCUT2D eigenvalue weighted by atomic mass is 9.44. The maximum atomic E-state index is 17.5. The SMILES string of the molecule is CC12CC(O)[C@@]3(F)C(C[C@H](F)C4=CC(=O)C=CC43C)C1C[C@H]1OC(c3ccco3)OC12C(=O)SCC#CCO. The highest BCUT2D eigenvalue weighted by atomic mass is 32.2. The van der Waals surface area contributed by atoms with Gasteiger partial charge in [0.05, 0.1) is 24.2 Å². The Kier molecular flexibility index (Phi) is 6.29. The Labute approximate surface area is 229 Å². The summed E-state index contributed by atoms with van der Waals surface area (Å²) in [7, 11) is 0. The number of carbonyl (C=O) groups is 2. The number of aliphatic hydroxyl groups excluding tert-OH is 2. The minimum atomic E-state index is -2.27. The van der Waals surface area contributed by atoms with Crippen LogP contribution >= 0.6 is 11.8 Å². The Bertz CT molecular complexity index is 1320. The molecule has 2 heterocycles. The lowest BCUT2D eigenvalue weighted by Gasteiger charge is -2.63. The van der Waals surface area contributed by atoms with Crippen molar-refractivity contribution in [2.24, 2.45) is 22.7 Å². The first-order valence-corrected chi connectivity index (χ1v) is 14.1. The molecule has 0 spiro atoms. The van der Waals surface area contributed by atoms with E-state index in [0.29, 0.717) is 5.76 Å². The molecular weight excluding hydrogens is 530 g/mol. The van der Waals surface area contributed by atoms with Gasteiger partial charge in [0.1, 0.15) is 12.8 Å². The predicted octanol–water partition coefficient (Wildman–Crippen LogP) is 3.62. The van der Waals surface area contributed by atoms with Gasteiger partial charge in [0, 0.05) is 16.7 Å². The number of hydrogen-bond acceptors (Lipinski definition) is 8. The Hall–Kier alpha value is -2.29. The Morgan fingerprint density at radius 3 is 2.77 bits per heavy atom. The highest BCUT2D eigenvalue weighted by Gasteiger charge is 2.80. The minimum Gasteiger partial charge on any atom is -0.464 e. The second-order valence-corrected chi connectivity index (χ2v) is 12.5. The first-order chi connectivity index (χ1) is 18.5. The number of carbonyl (C=O) groups excluding carboxylic acids is 2. The molecule has 6 rings (SSSR count). The molecule has 1 aliphatic heterocycles. The molecule has 0 radical (unpaired) electrons. The van der Waals surface area contributed by atoms with E-state index < -0.39 is 64.4 Å². The van der Waals surface area contributed by atoms with Gasteiger partial charge in [-0.05, 0) is 62.0 Å². The summed E-state index contributed by atoms with van der Waals surface area (Å²) in [5.41, 5.74) is -6.44. The van der Waals surface area contributed by atoms with Crippen molar-refractivity contribution in [3.63, 3.8) is 0 Å². The molecule has 7 unspecified atom stereocenters. The molecule has 2 N–H and O–H groups in total. The number of alkyl halides is 2. The highest BCUT2D eigenvalue weighted by molar-refractivity contribution is 8.14. The Morgan fingerprint density at radius 2 is 2.05 bits per heavy atom. The minimum absolute atomic E-state index is 0.0452. The molecule has 4 aliphatic carbocycles. The van der Waals surface area contributed by atoms with E-state index in [4.69, 9.17) is 19.0 Å². The van der Waals surface area contributed by atoms with E-state index in [-0.39, 0.29) is 42.3 Å². The van der Waals surface area contributed by atoms with Crippen LogP contribution in [0, 0.1) is 34.5 Å². The molecular formula is C29H30F2O7S. The van der Waals surface area contributed by atoms with Gasteiger partial charge in [0.25, 0.3) is 0 Å². The van der Waals surface area contributed by atoms with Crippen molar-refractivity contribution in [3.05, 3.63) is 48.0 Å². The molecule has 10 atom stereocenters. The molecule has 39 heavy (non-hydrogen) atoms. The van der Waals surface area contributed by atoms with E-state index in [1.807, 2.05) is 0 Å². The fourth-order valence-electron chi connectivity index (χ4n) is 8.17. The molecule has 208 valence electrons. The fraction of sp³-hybridized carbons (Fsp3) is 0.586. The summed E-state index contributed by atoms with van der Waals surface area (Å²) in [4.78, 5) is 26.1. The van der Waals surface area contributed by atoms with Crippen molar-refractivity contribution >= 4 is 22.7 Å². The van der Waals surface area contributed by atoms with Crippen molar-refractivity contribution < 1.29 is 42.5 Å². The van der Waals surface area contributed by atoms with Crippen LogP contribution in [0.3, 0.4) is 0 Å². The molecule has 4 fully saturated rings. The summed E-state index contributed by atoms with van der Waals surface area (Å²) in [5, 5.41) is 20.2. The molecule has 1 saturated heterocycles. The van der Waals surface area contributed by atoms with Crippen molar-refractivity contribution in [2.75, 3.05) is 12.4 Å². The second-order valence-electron chi connectivity index (χ2n) is 11.5. The second kappa shape index (κ2) is 9.11. The van der Waals surface area contributed by atoms with Crippen LogP contribution in [-0.4, -0.2) is 63.1 Å². The van der Waals surface area contributed by atoms with E-state index in [9.17, 15) is 14.7 Å². The van der Waals surface area contributed by atoms with Crippen LogP contribution in [0.25, 0.3) is 0 Å². The van der Waals surface area contributed by atoms with Gasteiger partial charge in [-0.25, -0.2) is 8.78 Å². The molecule has 1 aromatic heterocycles. The highest BCUT2D eigenvalue weighted by Crippen LogP contribution is 2.73. The van der Waals surface area contributed by atoms with Gasteiger partial charge in [0.15, 0.2) is 22.8 Å². The zero-order chi connectivity index (χ0) is 27.8. The lowest BCUT2D eigenvalue weighted by molar-refractivity contribution is -0.233. The average molecular weight is 561 g/mol. The summed E-state index contributed by atoms with van der Waals surface area (Å²) in [6.07, 6.45) is 0.164. The summed E-state index contributed by atoms with van der Waals surface area (Å²) in [5.74, 6) is 3.77. The van der Waals surface area contributed by atoms with Gasteiger partial charge in [-0.3, -0.25) is 9.59 Å². The van der Waals surface area contributed by atoms with Gasteiger partial charge < -0.3 is 24.1 Å². The maximum Gasteiger partial charge on any atom is 0.225 e. The van der Waals surface area contributed by atoms with Crippen LogP contribution < -0.4 is 0 Å². The number of hydrogen-bond donors (Lipinski definition) is 2. The molecule has 0 aromatic carbocycles. The smallest absolute Gasteiger partial charge is 0.225 e. The number of ketones is 1. The molecule has 7 nitrogen and oxygen atoms in total. The molecule has 1 aromatic rings. The van der Waals surface area contributed by atoms with Crippen molar-refractivity contribution in [1.82, 2.24) is 0 Å². The zero-order valence-corrected chi connectivity index (χ0v) is 22.4. The fourth-order valence-corrected chi connectivity index (χ4v) is 9.10. The summed E-state index contributed by atoms with van der Waals surface area (Å²) in [6.45, 7) is 3.00. The van der Waals surface area contributed by atoms with Crippen LogP contribution in [-0.2, 0) is 19.1 Å². The number of fused-ring (bicyclic) bond motifs is 7. The van der Waals surface area contributed by atoms with E-state index >= 15 is 8.78 Å². The van der Waals surface area contributed by atoms with Gasteiger partial charge in [-0.2, -0.15) is 0 Å².